The highest BCUT2D eigenvalue weighted by Crippen LogP contribution is 2.32. The number of hydrogen-bond acceptors (Lipinski definition) is 6. The number of carbonyl (C=O) groups excluding carboxylic acids is 2. The van der Waals surface area contributed by atoms with Crippen molar-refractivity contribution in [3.63, 3.8) is 0 Å². The van der Waals surface area contributed by atoms with Crippen LogP contribution in [0.3, 0.4) is 0 Å². The van der Waals surface area contributed by atoms with E-state index in [1.165, 1.54) is 25.7 Å². The predicted octanol–water partition coefficient (Wildman–Crippen LogP) is 1.40. The Morgan fingerprint density at radius 3 is 2.53 bits per heavy atom. The zero-order chi connectivity index (χ0) is 22.2. The van der Waals surface area contributed by atoms with Gasteiger partial charge in [0, 0.05) is 45.9 Å². The first-order chi connectivity index (χ1) is 15.5. The molecule has 5 rings (SSSR count). The van der Waals surface area contributed by atoms with Crippen LogP contribution in [0.4, 0.5) is 5.82 Å². The molecule has 9 heteroatoms. The van der Waals surface area contributed by atoms with Gasteiger partial charge in [0.05, 0.1) is 5.39 Å². The largest absolute Gasteiger partial charge is 0.396 e. The second kappa shape index (κ2) is 8.69. The van der Waals surface area contributed by atoms with Gasteiger partial charge < -0.3 is 19.8 Å². The lowest BCUT2D eigenvalue weighted by atomic mass is 9.79. The number of rotatable bonds is 4. The van der Waals surface area contributed by atoms with Crippen LogP contribution < -0.4 is 4.90 Å². The van der Waals surface area contributed by atoms with Crippen LogP contribution in [-0.4, -0.2) is 86.9 Å². The maximum absolute atomic E-state index is 13.3. The Labute approximate surface area is 188 Å². The lowest BCUT2D eigenvalue weighted by Gasteiger charge is -2.45. The van der Waals surface area contributed by atoms with Crippen LogP contribution in [0.15, 0.2) is 12.1 Å². The summed E-state index contributed by atoms with van der Waals surface area (Å²) in [4.78, 5) is 36.6. The Morgan fingerprint density at radius 2 is 1.84 bits per heavy atom. The highest BCUT2D eigenvalue weighted by molar-refractivity contribution is 6.05. The molecule has 1 aliphatic carbocycles. The van der Waals surface area contributed by atoms with E-state index >= 15 is 0 Å². The van der Waals surface area contributed by atoms with Gasteiger partial charge in [-0.15, -0.1) is 0 Å². The van der Waals surface area contributed by atoms with E-state index in [0.717, 1.165) is 37.1 Å². The molecular formula is C23H32N6O3. The molecule has 0 bridgehead atoms. The van der Waals surface area contributed by atoms with Crippen molar-refractivity contribution in [2.45, 2.75) is 44.6 Å². The summed E-state index contributed by atoms with van der Waals surface area (Å²) in [5.41, 5.74) is 1.06. The number of aliphatic hydroxyl groups is 1. The molecule has 2 aromatic rings. The fourth-order valence-electron chi connectivity index (χ4n) is 5.25. The molecule has 0 atom stereocenters. The molecule has 1 N–H and O–H groups in total. The van der Waals surface area contributed by atoms with Crippen LogP contribution in [0.5, 0.6) is 0 Å². The van der Waals surface area contributed by atoms with Crippen molar-refractivity contribution >= 4 is 28.7 Å². The minimum atomic E-state index is -0.213. The summed E-state index contributed by atoms with van der Waals surface area (Å²) in [6, 6.07) is 4.14. The number of fused-ring (bicyclic) bond motifs is 1. The van der Waals surface area contributed by atoms with E-state index < -0.39 is 0 Å². The van der Waals surface area contributed by atoms with Gasteiger partial charge in [0.2, 0.25) is 5.91 Å². The standard InChI is InChI=1S/C23H32N6O3/c1-26-22-18(6-7-19(24-22)27-8-4-2-3-5-9-27)21(25-26)23(32)28-10-11-29(20(31)14-28)17-12-16(13-17)15-30/h6-7,16-17,30H,2-5,8-15H2,1H3. The van der Waals surface area contributed by atoms with E-state index in [-0.39, 0.29) is 31.0 Å². The topological polar surface area (TPSA) is 94.8 Å². The number of piperazine rings is 1. The molecule has 1 saturated carbocycles. The molecule has 32 heavy (non-hydrogen) atoms. The number of amides is 2. The predicted molar refractivity (Wildman–Crippen MR) is 120 cm³/mol. The SMILES string of the molecule is Cn1nc(C(=O)N2CCN(C3CC(CO)C3)C(=O)C2)c2ccc(N3CCCCCC3)nc21. The first-order valence-corrected chi connectivity index (χ1v) is 11.8. The van der Waals surface area contributed by atoms with E-state index in [2.05, 4.69) is 10.00 Å². The lowest BCUT2D eigenvalue weighted by Crippen LogP contribution is -2.58. The van der Waals surface area contributed by atoms with E-state index in [4.69, 9.17) is 4.98 Å². The molecule has 4 heterocycles. The van der Waals surface area contributed by atoms with Gasteiger partial charge in [-0.1, -0.05) is 12.8 Å². The average molecular weight is 441 g/mol. The fraction of sp³-hybridized carbons (Fsp3) is 0.652. The Hall–Kier alpha value is -2.68. The summed E-state index contributed by atoms with van der Waals surface area (Å²) in [6.45, 7) is 3.32. The van der Waals surface area contributed by atoms with Crippen LogP contribution in [0, 0.1) is 5.92 Å². The molecule has 2 amide bonds. The third-order valence-corrected chi connectivity index (χ3v) is 7.26. The first kappa shape index (κ1) is 21.2. The molecule has 0 unspecified atom stereocenters. The van der Waals surface area contributed by atoms with Gasteiger partial charge in [-0.3, -0.25) is 9.59 Å². The molecule has 2 aliphatic heterocycles. The number of aliphatic hydroxyl groups excluding tert-OH is 1. The number of carbonyl (C=O) groups is 2. The van der Waals surface area contributed by atoms with Gasteiger partial charge >= 0.3 is 0 Å². The van der Waals surface area contributed by atoms with Crippen LogP contribution in [0.25, 0.3) is 11.0 Å². The van der Waals surface area contributed by atoms with Crippen LogP contribution in [-0.2, 0) is 11.8 Å². The number of hydrogen-bond donors (Lipinski definition) is 1. The summed E-state index contributed by atoms with van der Waals surface area (Å²) in [6.07, 6.45) is 6.58. The van der Waals surface area contributed by atoms with Crippen molar-refractivity contribution in [1.82, 2.24) is 24.6 Å². The second-order valence-electron chi connectivity index (χ2n) is 9.40. The average Bonchev–Trinajstić information content (AvgIpc) is 2.94. The maximum Gasteiger partial charge on any atom is 0.275 e. The fourth-order valence-corrected chi connectivity index (χ4v) is 5.25. The summed E-state index contributed by atoms with van der Waals surface area (Å²) < 4.78 is 1.67. The second-order valence-corrected chi connectivity index (χ2v) is 9.40. The van der Waals surface area contributed by atoms with Crippen molar-refractivity contribution in [2.24, 2.45) is 13.0 Å². The molecule has 0 spiro atoms. The third-order valence-electron chi connectivity index (χ3n) is 7.26. The number of aromatic nitrogens is 3. The third kappa shape index (κ3) is 3.83. The zero-order valence-electron chi connectivity index (χ0n) is 18.7. The van der Waals surface area contributed by atoms with Crippen LogP contribution >= 0.6 is 0 Å². The quantitative estimate of drug-likeness (QED) is 0.772. The normalized spacial score (nSPS) is 24.6. The monoisotopic (exact) mass is 440 g/mol. The number of pyridine rings is 1. The van der Waals surface area contributed by atoms with Crippen molar-refractivity contribution in [2.75, 3.05) is 44.2 Å². The highest BCUT2D eigenvalue weighted by atomic mass is 16.3. The van der Waals surface area contributed by atoms with Crippen LogP contribution in [0.1, 0.15) is 49.0 Å². The van der Waals surface area contributed by atoms with Gasteiger partial charge in [-0.05, 0) is 43.7 Å². The first-order valence-electron chi connectivity index (χ1n) is 11.8. The Morgan fingerprint density at radius 1 is 1.09 bits per heavy atom. The molecule has 2 aromatic heterocycles. The molecule has 3 aliphatic rings. The summed E-state index contributed by atoms with van der Waals surface area (Å²) in [5.74, 6) is 1.01. The molecule has 3 fully saturated rings. The Kier molecular flexibility index (Phi) is 5.75. The van der Waals surface area contributed by atoms with Crippen molar-refractivity contribution < 1.29 is 14.7 Å². The molecule has 9 nitrogen and oxygen atoms in total. The molecule has 0 aromatic carbocycles. The van der Waals surface area contributed by atoms with Gasteiger partial charge in [0.15, 0.2) is 11.3 Å². The number of nitrogens with zero attached hydrogens (tertiary/aromatic N) is 6. The summed E-state index contributed by atoms with van der Waals surface area (Å²) in [5, 5.41) is 14.4. The van der Waals surface area contributed by atoms with Gasteiger partial charge in [-0.25, -0.2) is 9.67 Å². The van der Waals surface area contributed by atoms with Crippen molar-refractivity contribution in [3.05, 3.63) is 17.8 Å². The van der Waals surface area contributed by atoms with Gasteiger partial charge in [0.1, 0.15) is 12.4 Å². The van der Waals surface area contributed by atoms with E-state index in [1.807, 2.05) is 24.1 Å². The highest BCUT2D eigenvalue weighted by Gasteiger charge is 2.39. The smallest absolute Gasteiger partial charge is 0.275 e. The van der Waals surface area contributed by atoms with E-state index in [9.17, 15) is 14.7 Å². The van der Waals surface area contributed by atoms with Gasteiger partial charge in [0.25, 0.3) is 5.91 Å². The Bertz CT molecular complexity index is 1010. The lowest BCUT2D eigenvalue weighted by molar-refractivity contribution is -0.141. The minimum Gasteiger partial charge on any atom is -0.396 e. The number of aryl methyl sites for hydroxylation is 1. The van der Waals surface area contributed by atoms with Crippen LogP contribution in [0.2, 0.25) is 0 Å². The molecule has 0 radical (unpaired) electrons. The minimum absolute atomic E-state index is 0.0206. The summed E-state index contributed by atoms with van der Waals surface area (Å²) >= 11 is 0. The maximum atomic E-state index is 13.3. The zero-order valence-corrected chi connectivity index (χ0v) is 18.7. The molecule has 2 saturated heterocycles. The van der Waals surface area contributed by atoms with Crippen molar-refractivity contribution in [1.29, 1.82) is 0 Å². The molecular weight excluding hydrogens is 408 g/mol. The number of anilines is 1. The van der Waals surface area contributed by atoms with Crippen molar-refractivity contribution in [3.8, 4) is 0 Å². The van der Waals surface area contributed by atoms with E-state index in [0.29, 0.717) is 30.3 Å². The van der Waals surface area contributed by atoms with E-state index in [1.54, 1.807) is 9.58 Å². The Balaban J connectivity index is 1.31. The summed E-state index contributed by atoms with van der Waals surface area (Å²) in [7, 11) is 1.82. The van der Waals surface area contributed by atoms with Gasteiger partial charge in [-0.2, -0.15) is 5.10 Å². The molecule has 172 valence electrons.